The number of halogens is 2. The summed E-state index contributed by atoms with van der Waals surface area (Å²) in [6, 6.07) is 17.3. The zero-order valence-electron chi connectivity index (χ0n) is 23.2. The molecule has 0 aliphatic carbocycles. The molecule has 0 aliphatic rings. The maximum absolute atomic E-state index is 14.1. The summed E-state index contributed by atoms with van der Waals surface area (Å²) in [6.07, 6.45) is 1.69. The molecule has 0 spiro atoms. The number of carbonyl (C=O) groups is 2. The molecule has 214 valence electrons. The van der Waals surface area contributed by atoms with Gasteiger partial charge in [0.15, 0.2) is 0 Å². The van der Waals surface area contributed by atoms with Crippen LogP contribution in [0.3, 0.4) is 0 Å². The van der Waals surface area contributed by atoms with Gasteiger partial charge in [0.25, 0.3) is 10.0 Å². The Balaban J connectivity index is 2.07. The number of sulfonamides is 1. The van der Waals surface area contributed by atoms with E-state index in [-0.39, 0.29) is 17.3 Å². The average molecular weight is 605 g/mol. The minimum atomic E-state index is -4.14. The Morgan fingerprint density at radius 3 is 2.17 bits per heavy atom. The van der Waals surface area contributed by atoms with E-state index >= 15 is 0 Å². The van der Waals surface area contributed by atoms with Gasteiger partial charge in [0.05, 0.1) is 10.6 Å². The van der Waals surface area contributed by atoms with E-state index in [4.69, 9.17) is 23.2 Å². The molecule has 0 unspecified atom stereocenters. The maximum Gasteiger partial charge on any atom is 0.264 e. The molecule has 1 N–H and O–H groups in total. The fourth-order valence-corrected chi connectivity index (χ4v) is 6.22. The zero-order chi connectivity index (χ0) is 29.4. The Hall–Kier alpha value is -3.07. The van der Waals surface area contributed by atoms with Gasteiger partial charge in [-0.2, -0.15) is 0 Å². The van der Waals surface area contributed by atoms with Crippen LogP contribution in [0.5, 0.6) is 0 Å². The minimum absolute atomic E-state index is 0.0507. The third-order valence-corrected chi connectivity index (χ3v) is 9.32. The maximum atomic E-state index is 14.1. The summed E-state index contributed by atoms with van der Waals surface area (Å²) in [4.78, 5) is 28.5. The molecule has 0 radical (unpaired) electrons. The summed E-state index contributed by atoms with van der Waals surface area (Å²) in [7, 11) is -4.14. The molecule has 0 heterocycles. The van der Waals surface area contributed by atoms with Crippen molar-refractivity contribution in [3.05, 3.63) is 93.5 Å². The number of hydrogen-bond donors (Lipinski definition) is 1. The SMILES string of the molecule is CCCCNC(=O)[C@@H](C)N(Cc1c(Cl)cccc1Cl)C(=O)CN(c1cccc(C)c1C)S(=O)(=O)c1ccccc1. The molecule has 7 nitrogen and oxygen atoms in total. The van der Waals surface area contributed by atoms with E-state index in [0.717, 1.165) is 28.3 Å². The van der Waals surface area contributed by atoms with Crippen LogP contribution in [0, 0.1) is 13.8 Å². The Morgan fingerprint density at radius 1 is 0.925 bits per heavy atom. The summed E-state index contributed by atoms with van der Waals surface area (Å²) < 4.78 is 29.0. The summed E-state index contributed by atoms with van der Waals surface area (Å²) in [5.74, 6) is -0.927. The van der Waals surface area contributed by atoms with Gasteiger partial charge in [-0.25, -0.2) is 8.42 Å². The quantitative estimate of drug-likeness (QED) is 0.252. The third-order valence-electron chi connectivity index (χ3n) is 6.84. The van der Waals surface area contributed by atoms with Gasteiger partial charge in [0.2, 0.25) is 11.8 Å². The number of rotatable bonds is 12. The number of benzene rings is 3. The summed E-state index contributed by atoms with van der Waals surface area (Å²) in [5, 5.41) is 3.54. The lowest BCUT2D eigenvalue weighted by molar-refractivity contribution is -0.139. The molecular weight excluding hydrogens is 569 g/mol. The largest absolute Gasteiger partial charge is 0.354 e. The predicted octanol–water partition coefficient (Wildman–Crippen LogP) is 6.14. The van der Waals surface area contributed by atoms with Crippen LogP contribution in [-0.2, 0) is 26.2 Å². The standard InChI is InChI=1S/C30H35Cl2N3O4S/c1-5-6-18-33-30(37)23(4)34(19-25-26(31)15-11-16-27(25)32)29(36)20-35(28-17-10-12-21(2)22(28)3)40(38,39)24-13-8-7-9-14-24/h7-17,23H,5-6,18-20H2,1-4H3,(H,33,37)/t23-/m1/s1. The average Bonchev–Trinajstić information content (AvgIpc) is 2.93. The fraction of sp³-hybridized carbons (Fsp3) is 0.333. The van der Waals surface area contributed by atoms with E-state index in [9.17, 15) is 18.0 Å². The first-order valence-corrected chi connectivity index (χ1v) is 15.3. The Kier molecular flexibility index (Phi) is 11.0. The lowest BCUT2D eigenvalue weighted by atomic mass is 10.1. The molecule has 2 amide bonds. The van der Waals surface area contributed by atoms with Gasteiger partial charge in [-0.1, -0.05) is 72.9 Å². The van der Waals surface area contributed by atoms with Crippen molar-refractivity contribution in [3.63, 3.8) is 0 Å². The predicted molar refractivity (Wildman–Crippen MR) is 161 cm³/mol. The molecule has 10 heteroatoms. The monoisotopic (exact) mass is 603 g/mol. The topological polar surface area (TPSA) is 86.8 Å². The number of aryl methyl sites for hydroxylation is 1. The second-order valence-corrected chi connectivity index (χ2v) is 12.3. The molecular formula is C30H35Cl2N3O4S. The lowest BCUT2D eigenvalue weighted by Crippen LogP contribution is -2.51. The molecule has 0 bridgehead atoms. The first-order valence-electron chi connectivity index (χ1n) is 13.1. The van der Waals surface area contributed by atoms with Crippen molar-refractivity contribution in [2.75, 3.05) is 17.4 Å². The van der Waals surface area contributed by atoms with Crippen molar-refractivity contribution in [3.8, 4) is 0 Å². The van der Waals surface area contributed by atoms with Crippen LogP contribution >= 0.6 is 23.2 Å². The highest BCUT2D eigenvalue weighted by atomic mass is 35.5. The number of amides is 2. The first kappa shape index (κ1) is 31.5. The van der Waals surface area contributed by atoms with Gasteiger partial charge in [-0.3, -0.25) is 13.9 Å². The molecule has 0 fully saturated rings. The van der Waals surface area contributed by atoms with Crippen LogP contribution in [0.25, 0.3) is 0 Å². The Morgan fingerprint density at radius 2 is 1.55 bits per heavy atom. The Bertz CT molecular complexity index is 1430. The number of hydrogen-bond acceptors (Lipinski definition) is 4. The van der Waals surface area contributed by atoms with Crippen molar-refractivity contribution in [1.82, 2.24) is 10.2 Å². The van der Waals surface area contributed by atoms with E-state index in [2.05, 4.69) is 5.32 Å². The van der Waals surface area contributed by atoms with Crippen LogP contribution in [0.15, 0.2) is 71.6 Å². The van der Waals surface area contributed by atoms with E-state index in [1.54, 1.807) is 55.5 Å². The van der Waals surface area contributed by atoms with Gasteiger partial charge in [0, 0.05) is 28.7 Å². The van der Waals surface area contributed by atoms with E-state index in [1.807, 2.05) is 26.8 Å². The number of nitrogens with zero attached hydrogens (tertiary/aromatic N) is 2. The van der Waals surface area contributed by atoms with E-state index < -0.39 is 28.5 Å². The molecule has 0 saturated heterocycles. The molecule has 40 heavy (non-hydrogen) atoms. The number of carbonyl (C=O) groups excluding carboxylic acids is 2. The van der Waals surface area contributed by atoms with Crippen molar-refractivity contribution in [2.24, 2.45) is 0 Å². The van der Waals surface area contributed by atoms with Crippen LogP contribution in [0.2, 0.25) is 10.0 Å². The van der Waals surface area contributed by atoms with Crippen LogP contribution < -0.4 is 9.62 Å². The number of nitrogens with one attached hydrogen (secondary N) is 1. The third kappa shape index (κ3) is 7.36. The van der Waals surface area contributed by atoms with Gasteiger partial charge < -0.3 is 10.2 Å². The molecule has 0 saturated carbocycles. The van der Waals surface area contributed by atoms with Gasteiger partial charge >= 0.3 is 0 Å². The van der Waals surface area contributed by atoms with Crippen molar-refractivity contribution < 1.29 is 18.0 Å². The van der Waals surface area contributed by atoms with Crippen molar-refractivity contribution in [1.29, 1.82) is 0 Å². The molecule has 1 atom stereocenters. The highest BCUT2D eigenvalue weighted by molar-refractivity contribution is 7.92. The summed E-state index contributed by atoms with van der Waals surface area (Å²) >= 11 is 12.9. The smallest absolute Gasteiger partial charge is 0.264 e. The van der Waals surface area contributed by atoms with Gasteiger partial charge in [-0.05, 0) is 68.7 Å². The fourth-order valence-electron chi connectivity index (χ4n) is 4.21. The molecule has 3 aromatic rings. The lowest BCUT2D eigenvalue weighted by Gasteiger charge is -2.33. The number of unbranched alkanes of at least 4 members (excludes halogenated alkanes) is 1. The highest BCUT2D eigenvalue weighted by Gasteiger charge is 2.33. The molecule has 0 aromatic heterocycles. The molecule has 0 aliphatic heterocycles. The van der Waals surface area contributed by atoms with E-state index in [0.29, 0.717) is 27.8 Å². The summed E-state index contributed by atoms with van der Waals surface area (Å²) in [6.45, 7) is 7.17. The normalized spacial score (nSPS) is 12.1. The van der Waals surface area contributed by atoms with Crippen LogP contribution in [0.4, 0.5) is 5.69 Å². The van der Waals surface area contributed by atoms with Crippen LogP contribution in [0.1, 0.15) is 43.4 Å². The second kappa shape index (κ2) is 14.0. The Labute approximate surface area is 247 Å². The van der Waals surface area contributed by atoms with Crippen molar-refractivity contribution >= 4 is 50.7 Å². The van der Waals surface area contributed by atoms with Crippen molar-refractivity contribution in [2.45, 2.75) is 58.0 Å². The van der Waals surface area contributed by atoms with E-state index in [1.165, 1.54) is 17.0 Å². The minimum Gasteiger partial charge on any atom is -0.354 e. The number of anilines is 1. The van der Waals surface area contributed by atoms with Gasteiger partial charge in [-0.15, -0.1) is 0 Å². The molecule has 3 rings (SSSR count). The first-order chi connectivity index (χ1) is 19.0. The van der Waals surface area contributed by atoms with Gasteiger partial charge in [0.1, 0.15) is 12.6 Å². The highest BCUT2D eigenvalue weighted by Crippen LogP contribution is 2.30. The summed E-state index contributed by atoms with van der Waals surface area (Å²) in [5.41, 5.74) is 2.45. The molecule has 3 aromatic carbocycles. The van der Waals surface area contributed by atoms with Crippen LogP contribution in [-0.4, -0.2) is 44.3 Å². The zero-order valence-corrected chi connectivity index (χ0v) is 25.5. The second-order valence-electron chi connectivity index (χ2n) is 9.59.